The van der Waals surface area contributed by atoms with Gasteiger partial charge in [-0.15, -0.1) is 0 Å². The minimum atomic E-state index is -3.53. The van der Waals surface area contributed by atoms with Crippen LogP contribution >= 0.6 is 0 Å². The molecule has 5 nitrogen and oxygen atoms in total. The Hall–Kier alpha value is -0.170. The quantitative estimate of drug-likeness (QED) is 0.640. The first kappa shape index (κ1) is 10.9. The Kier molecular flexibility index (Phi) is 3.28. The molecule has 78 valence electrons. The molecule has 0 aromatic rings. The summed E-state index contributed by atoms with van der Waals surface area (Å²) < 4.78 is 23.8. The van der Waals surface area contributed by atoms with E-state index in [9.17, 15) is 8.42 Å². The molecule has 1 aliphatic heterocycles. The maximum Gasteiger partial charge on any atom is 0.274 e. The highest BCUT2D eigenvalue weighted by Gasteiger charge is 2.26. The summed E-state index contributed by atoms with van der Waals surface area (Å²) in [7, 11) is -3.53. The van der Waals surface area contributed by atoms with Gasteiger partial charge in [0, 0.05) is 25.2 Å². The predicted octanol–water partition coefficient (Wildman–Crippen LogP) is -0.738. The van der Waals surface area contributed by atoms with E-state index in [1.54, 1.807) is 0 Å². The summed E-state index contributed by atoms with van der Waals surface area (Å²) in [5.74, 6) is 0. The molecule has 0 aromatic carbocycles. The van der Waals surface area contributed by atoms with Crippen molar-refractivity contribution < 1.29 is 8.42 Å². The van der Waals surface area contributed by atoms with Gasteiger partial charge < -0.3 is 0 Å². The summed E-state index contributed by atoms with van der Waals surface area (Å²) in [4.78, 5) is 2.23. The van der Waals surface area contributed by atoms with Gasteiger partial charge in [0.25, 0.3) is 10.2 Å². The topological polar surface area (TPSA) is 75.4 Å². The van der Waals surface area contributed by atoms with Crippen LogP contribution < -0.4 is 9.86 Å². The van der Waals surface area contributed by atoms with Crippen molar-refractivity contribution in [3.05, 3.63) is 0 Å². The largest absolute Gasteiger partial charge is 0.299 e. The fourth-order valence-corrected chi connectivity index (χ4v) is 2.24. The van der Waals surface area contributed by atoms with Crippen LogP contribution in [0.3, 0.4) is 0 Å². The van der Waals surface area contributed by atoms with Crippen LogP contribution in [-0.4, -0.2) is 38.5 Å². The molecule has 1 heterocycles. The Bertz CT molecular complexity index is 263. The second-order valence-electron chi connectivity index (χ2n) is 3.74. The van der Waals surface area contributed by atoms with Crippen molar-refractivity contribution >= 4 is 10.2 Å². The number of likely N-dealkylation sites (tertiary alicyclic amines) is 1. The minimum Gasteiger partial charge on any atom is -0.299 e. The zero-order valence-electron chi connectivity index (χ0n) is 8.03. The van der Waals surface area contributed by atoms with E-state index in [-0.39, 0.29) is 6.04 Å². The molecule has 1 rings (SSSR count). The molecule has 3 N–H and O–H groups in total. The highest BCUT2D eigenvalue weighted by Crippen LogP contribution is 2.12. The molecule has 0 bridgehead atoms. The molecule has 1 saturated heterocycles. The summed E-state index contributed by atoms with van der Waals surface area (Å²) in [5.41, 5.74) is 0. The van der Waals surface area contributed by atoms with E-state index < -0.39 is 10.2 Å². The zero-order valence-corrected chi connectivity index (χ0v) is 8.84. The first-order valence-corrected chi connectivity index (χ1v) is 5.97. The van der Waals surface area contributed by atoms with Crippen LogP contribution in [0.1, 0.15) is 20.3 Å². The number of rotatable bonds is 3. The third-order valence-electron chi connectivity index (χ3n) is 2.28. The lowest BCUT2D eigenvalue weighted by Crippen LogP contribution is -2.41. The number of nitrogens with zero attached hydrogens (tertiary/aromatic N) is 1. The van der Waals surface area contributed by atoms with Gasteiger partial charge in [0.05, 0.1) is 0 Å². The fraction of sp³-hybridized carbons (Fsp3) is 1.00. The lowest BCUT2D eigenvalue weighted by molar-refractivity contribution is 0.271. The number of hydrogen-bond donors (Lipinski definition) is 2. The van der Waals surface area contributed by atoms with Gasteiger partial charge in [-0.1, -0.05) is 0 Å². The number of nitrogens with two attached hydrogens (primary N) is 1. The van der Waals surface area contributed by atoms with Crippen LogP contribution in [0.15, 0.2) is 0 Å². The lowest BCUT2D eigenvalue weighted by atomic mass is 10.3. The van der Waals surface area contributed by atoms with E-state index in [0.717, 1.165) is 19.5 Å². The Balaban J connectivity index is 2.42. The molecule has 0 radical (unpaired) electrons. The number of hydrogen-bond acceptors (Lipinski definition) is 3. The van der Waals surface area contributed by atoms with Crippen molar-refractivity contribution in [1.29, 1.82) is 0 Å². The predicted molar refractivity (Wildman–Crippen MR) is 51.4 cm³/mol. The van der Waals surface area contributed by atoms with E-state index in [0.29, 0.717) is 6.04 Å². The molecule has 1 unspecified atom stereocenters. The van der Waals surface area contributed by atoms with Crippen molar-refractivity contribution in [2.45, 2.75) is 32.4 Å². The molecule has 1 aliphatic rings. The molecule has 0 amide bonds. The van der Waals surface area contributed by atoms with Crippen LogP contribution in [0.25, 0.3) is 0 Å². The zero-order chi connectivity index (χ0) is 10.1. The fourth-order valence-electron chi connectivity index (χ4n) is 1.58. The van der Waals surface area contributed by atoms with Crippen molar-refractivity contribution in [3.63, 3.8) is 0 Å². The molecule has 13 heavy (non-hydrogen) atoms. The number of nitrogens with one attached hydrogen (secondary N) is 1. The Labute approximate surface area is 79.5 Å². The van der Waals surface area contributed by atoms with Crippen molar-refractivity contribution in [1.82, 2.24) is 9.62 Å². The maximum absolute atomic E-state index is 10.7. The minimum absolute atomic E-state index is 0.0163. The summed E-state index contributed by atoms with van der Waals surface area (Å²) in [6.07, 6.45) is 0.842. The molecule has 0 aliphatic carbocycles. The summed E-state index contributed by atoms with van der Waals surface area (Å²) in [6, 6.07) is 0.449. The molecular formula is C7H17N3O2S. The summed E-state index contributed by atoms with van der Waals surface area (Å²) in [6.45, 7) is 5.89. The standard InChI is InChI=1S/C7H17N3O2S/c1-6(2)10-4-3-7(5-10)9-13(8,11)12/h6-7,9H,3-5H2,1-2H3,(H2,8,11,12). The first-order chi connectivity index (χ1) is 5.88. The summed E-state index contributed by atoms with van der Waals surface area (Å²) >= 11 is 0. The maximum atomic E-state index is 10.7. The molecule has 6 heteroatoms. The second-order valence-corrected chi connectivity index (χ2v) is 5.06. The second kappa shape index (κ2) is 3.91. The normalized spacial score (nSPS) is 25.7. The van der Waals surface area contributed by atoms with E-state index in [1.165, 1.54) is 0 Å². The van der Waals surface area contributed by atoms with Crippen molar-refractivity contribution in [3.8, 4) is 0 Å². The highest BCUT2D eigenvalue weighted by atomic mass is 32.2. The molecule has 1 atom stereocenters. The highest BCUT2D eigenvalue weighted by molar-refractivity contribution is 7.87. The van der Waals surface area contributed by atoms with Gasteiger partial charge in [0.2, 0.25) is 0 Å². The van der Waals surface area contributed by atoms with Crippen molar-refractivity contribution in [2.75, 3.05) is 13.1 Å². The summed E-state index contributed by atoms with van der Waals surface area (Å²) in [5, 5.41) is 4.88. The van der Waals surface area contributed by atoms with E-state index in [2.05, 4.69) is 23.5 Å². The van der Waals surface area contributed by atoms with Gasteiger partial charge >= 0.3 is 0 Å². The van der Waals surface area contributed by atoms with Gasteiger partial charge in [0.15, 0.2) is 0 Å². The van der Waals surface area contributed by atoms with Crippen LogP contribution in [-0.2, 0) is 10.2 Å². The van der Waals surface area contributed by atoms with Gasteiger partial charge in [-0.25, -0.2) is 5.14 Å². The third-order valence-corrected chi connectivity index (χ3v) is 2.94. The van der Waals surface area contributed by atoms with E-state index in [4.69, 9.17) is 5.14 Å². The van der Waals surface area contributed by atoms with E-state index >= 15 is 0 Å². The monoisotopic (exact) mass is 207 g/mol. The third kappa shape index (κ3) is 3.60. The van der Waals surface area contributed by atoms with Gasteiger partial charge in [0.1, 0.15) is 0 Å². The molecular weight excluding hydrogens is 190 g/mol. The van der Waals surface area contributed by atoms with Gasteiger partial charge in [-0.3, -0.25) is 4.90 Å². The molecule has 1 fully saturated rings. The smallest absolute Gasteiger partial charge is 0.274 e. The van der Waals surface area contributed by atoms with Gasteiger partial charge in [-0.2, -0.15) is 13.1 Å². The van der Waals surface area contributed by atoms with Gasteiger partial charge in [-0.05, 0) is 20.3 Å². The lowest BCUT2D eigenvalue weighted by Gasteiger charge is -2.19. The molecule has 0 spiro atoms. The Morgan fingerprint density at radius 1 is 1.54 bits per heavy atom. The van der Waals surface area contributed by atoms with Crippen LogP contribution in [0, 0.1) is 0 Å². The average molecular weight is 207 g/mol. The van der Waals surface area contributed by atoms with Crippen molar-refractivity contribution in [2.24, 2.45) is 5.14 Å². The Morgan fingerprint density at radius 3 is 2.54 bits per heavy atom. The van der Waals surface area contributed by atoms with Crippen LogP contribution in [0.4, 0.5) is 0 Å². The van der Waals surface area contributed by atoms with Crippen LogP contribution in [0.5, 0.6) is 0 Å². The average Bonchev–Trinajstić information content (AvgIpc) is 2.31. The van der Waals surface area contributed by atoms with Crippen LogP contribution in [0.2, 0.25) is 0 Å². The molecule has 0 aromatic heterocycles. The van der Waals surface area contributed by atoms with E-state index in [1.807, 2.05) is 0 Å². The SMILES string of the molecule is CC(C)N1CCC(NS(N)(=O)=O)C1. The Morgan fingerprint density at radius 2 is 2.15 bits per heavy atom. The first-order valence-electron chi connectivity index (χ1n) is 4.42. The molecule has 0 saturated carbocycles.